The molecule has 3 heterocycles. The molecule has 1 saturated heterocycles. The summed E-state index contributed by atoms with van der Waals surface area (Å²) in [4.78, 5) is 23.4. The lowest BCUT2D eigenvalue weighted by molar-refractivity contribution is -0.115. The highest BCUT2D eigenvalue weighted by Crippen LogP contribution is 2.29. The molecule has 0 radical (unpaired) electrons. The van der Waals surface area contributed by atoms with E-state index in [1.807, 2.05) is 54.6 Å². The van der Waals surface area contributed by atoms with Gasteiger partial charge in [0.2, 0.25) is 0 Å². The van der Waals surface area contributed by atoms with Crippen LogP contribution in [0, 0.1) is 0 Å². The molecule has 2 amide bonds. The molecule has 1 aliphatic rings. The maximum atomic E-state index is 11.7. The first-order valence-corrected chi connectivity index (χ1v) is 9.20. The zero-order valence-corrected chi connectivity index (χ0v) is 14.8. The fourth-order valence-electron chi connectivity index (χ4n) is 3.16. The Morgan fingerprint density at radius 1 is 0.889 bits per heavy atom. The number of benzene rings is 2. The standard InChI is InChI=1S/C21H13NO4S/c23-20-19(27-21(24)22-20)8-12-5-6-18-14(7-12)10-16(26-18)11-15-9-13-3-1-2-4-17(13)25-15/h1-10H,11H2,(H,22,23,24). The highest BCUT2D eigenvalue weighted by atomic mass is 32.2. The van der Waals surface area contributed by atoms with Crippen molar-refractivity contribution >= 4 is 50.9 Å². The number of para-hydroxylation sites is 1. The Labute approximate surface area is 158 Å². The average molecular weight is 375 g/mol. The molecule has 1 fully saturated rings. The van der Waals surface area contributed by atoms with E-state index in [4.69, 9.17) is 8.83 Å². The van der Waals surface area contributed by atoms with Gasteiger partial charge in [0.1, 0.15) is 22.7 Å². The van der Waals surface area contributed by atoms with Crippen LogP contribution < -0.4 is 5.32 Å². The van der Waals surface area contributed by atoms with Gasteiger partial charge in [0, 0.05) is 10.8 Å². The van der Waals surface area contributed by atoms with Crippen molar-refractivity contribution in [3.05, 3.63) is 76.6 Å². The van der Waals surface area contributed by atoms with Gasteiger partial charge >= 0.3 is 0 Å². The molecule has 6 heteroatoms. The molecular weight excluding hydrogens is 362 g/mol. The number of thioether (sulfide) groups is 1. The van der Waals surface area contributed by atoms with E-state index >= 15 is 0 Å². The number of rotatable bonds is 3. The molecule has 27 heavy (non-hydrogen) atoms. The molecule has 0 spiro atoms. The molecule has 132 valence electrons. The van der Waals surface area contributed by atoms with Crippen molar-refractivity contribution in [3.63, 3.8) is 0 Å². The van der Waals surface area contributed by atoms with Gasteiger partial charge in [0.15, 0.2) is 0 Å². The Morgan fingerprint density at radius 2 is 1.63 bits per heavy atom. The first kappa shape index (κ1) is 16.0. The van der Waals surface area contributed by atoms with Gasteiger partial charge in [-0.05, 0) is 53.7 Å². The fraction of sp³-hybridized carbons (Fsp3) is 0.0476. The van der Waals surface area contributed by atoms with Crippen LogP contribution in [-0.4, -0.2) is 11.1 Å². The van der Waals surface area contributed by atoms with Gasteiger partial charge in [-0.3, -0.25) is 14.9 Å². The van der Waals surface area contributed by atoms with Crippen LogP contribution in [0.15, 0.2) is 68.3 Å². The van der Waals surface area contributed by atoms with Crippen LogP contribution in [0.25, 0.3) is 28.0 Å². The van der Waals surface area contributed by atoms with Gasteiger partial charge < -0.3 is 8.83 Å². The highest BCUT2D eigenvalue weighted by Gasteiger charge is 2.24. The minimum Gasteiger partial charge on any atom is -0.461 e. The zero-order chi connectivity index (χ0) is 18.4. The normalized spacial score (nSPS) is 15.9. The monoisotopic (exact) mass is 375 g/mol. The van der Waals surface area contributed by atoms with Crippen LogP contribution in [0.4, 0.5) is 4.79 Å². The molecule has 2 aromatic heterocycles. The van der Waals surface area contributed by atoms with E-state index in [1.165, 1.54) is 0 Å². The molecule has 0 atom stereocenters. The van der Waals surface area contributed by atoms with Crippen LogP contribution in [0.3, 0.4) is 0 Å². The molecule has 5 rings (SSSR count). The quantitative estimate of drug-likeness (QED) is 0.505. The van der Waals surface area contributed by atoms with Gasteiger partial charge in [-0.15, -0.1) is 0 Å². The zero-order valence-electron chi connectivity index (χ0n) is 14.0. The minimum atomic E-state index is -0.358. The fourth-order valence-corrected chi connectivity index (χ4v) is 3.84. The maximum Gasteiger partial charge on any atom is 0.290 e. The predicted molar refractivity (Wildman–Crippen MR) is 104 cm³/mol. The smallest absolute Gasteiger partial charge is 0.290 e. The van der Waals surface area contributed by atoms with Crippen LogP contribution in [-0.2, 0) is 11.2 Å². The third-order valence-corrected chi connectivity index (χ3v) is 5.17. The van der Waals surface area contributed by atoms with Gasteiger partial charge in [-0.25, -0.2) is 0 Å². The summed E-state index contributed by atoms with van der Waals surface area (Å²) in [5.74, 6) is 1.29. The Bertz CT molecular complexity index is 1210. The predicted octanol–water partition coefficient (Wildman–Crippen LogP) is 5.09. The molecule has 4 aromatic rings. The second kappa shape index (κ2) is 6.17. The summed E-state index contributed by atoms with van der Waals surface area (Å²) in [7, 11) is 0. The number of imide groups is 1. The van der Waals surface area contributed by atoms with E-state index < -0.39 is 0 Å². The van der Waals surface area contributed by atoms with Gasteiger partial charge in [0.05, 0.1) is 11.3 Å². The summed E-state index contributed by atoms with van der Waals surface area (Å²) >= 11 is 0.909. The summed E-state index contributed by atoms with van der Waals surface area (Å²) in [6.45, 7) is 0. The lowest BCUT2D eigenvalue weighted by atomic mass is 10.1. The third-order valence-electron chi connectivity index (χ3n) is 4.36. The number of carbonyl (C=O) groups is 2. The van der Waals surface area contributed by atoms with Gasteiger partial charge in [-0.2, -0.15) is 0 Å². The van der Waals surface area contributed by atoms with Gasteiger partial charge in [0.25, 0.3) is 11.1 Å². The second-order valence-corrected chi connectivity index (χ2v) is 7.30. The van der Waals surface area contributed by atoms with Crippen molar-refractivity contribution < 1.29 is 18.4 Å². The van der Waals surface area contributed by atoms with E-state index in [2.05, 4.69) is 5.32 Å². The summed E-state index contributed by atoms with van der Waals surface area (Å²) in [6.07, 6.45) is 2.27. The maximum absolute atomic E-state index is 11.7. The van der Waals surface area contributed by atoms with Crippen molar-refractivity contribution in [1.82, 2.24) is 5.32 Å². The Hall–Kier alpha value is -3.25. The molecule has 1 aliphatic heterocycles. The number of furan rings is 2. The van der Waals surface area contributed by atoms with E-state index in [1.54, 1.807) is 6.08 Å². The van der Waals surface area contributed by atoms with Crippen molar-refractivity contribution in [2.75, 3.05) is 0 Å². The van der Waals surface area contributed by atoms with Crippen LogP contribution in [0.2, 0.25) is 0 Å². The van der Waals surface area contributed by atoms with Crippen LogP contribution in [0.1, 0.15) is 17.1 Å². The molecule has 0 saturated carbocycles. The Kier molecular flexibility index (Phi) is 3.65. The number of fused-ring (bicyclic) bond motifs is 2. The van der Waals surface area contributed by atoms with Gasteiger partial charge in [-0.1, -0.05) is 24.3 Å². The van der Waals surface area contributed by atoms with Crippen LogP contribution in [0.5, 0.6) is 0 Å². The lowest BCUT2D eigenvalue weighted by Crippen LogP contribution is -2.17. The molecule has 5 nitrogen and oxygen atoms in total. The van der Waals surface area contributed by atoms with E-state index in [-0.39, 0.29) is 11.1 Å². The largest absolute Gasteiger partial charge is 0.461 e. The first-order valence-electron chi connectivity index (χ1n) is 8.39. The van der Waals surface area contributed by atoms with Crippen molar-refractivity contribution in [1.29, 1.82) is 0 Å². The molecule has 2 aromatic carbocycles. The molecule has 1 N–H and O–H groups in total. The minimum absolute atomic E-state index is 0.344. The highest BCUT2D eigenvalue weighted by molar-refractivity contribution is 8.18. The summed E-state index contributed by atoms with van der Waals surface area (Å²) < 4.78 is 11.8. The number of hydrogen-bond donors (Lipinski definition) is 1. The van der Waals surface area contributed by atoms with Crippen molar-refractivity contribution in [2.24, 2.45) is 0 Å². The van der Waals surface area contributed by atoms with E-state index in [0.29, 0.717) is 11.3 Å². The average Bonchev–Trinajstić information content (AvgIpc) is 3.31. The number of hydrogen-bond acceptors (Lipinski definition) is 5. The molecular formula is C21H13NO4S. The second-order valence-electron chi connectivity index (χ2n) is 6.29. The molecule has 0 aliphatic carbocycles. The summed E-state index contributed by atoms with van der Waals surface area (Å²) in [6, 6.07) is 17.5. The van der Waals surface area contributed by atoms with E-state index in [0.717, 1.165) is 50.8 Å². The third kappa shape index (κ3) is 3.04. The summed E-state index contributed by atoms with van der Waals surface area (Å²) in [5, 5.41) is 3.92. The number of nitrogens with one attached hydrogen (secondary N) is 1. The SMILES string of the molecule is O=C1NC(=O)C(=Cc2ccc3oc(Cc4cc5ccccc5o4)cc3c2)S1. The van der Waals surface area contributed by atoms with Crippen molar-refractivity contribution in [3.8, 4) is 0 Å². The molecule has 0 unspecified atom stereocenters. The summed E-state index contributed by atoms with van der Waals surface area (Å²) in [5.41, 5.74) is 2.47. The first-order chi connectivity index (χ1) is 13.1. The topological polar surface area (TPSA) is 72.5 Å². The van der Waals surface area contributed by atoms with Crippen molar-refractivity contribution in [2.45, 2.75) is 6.42 Å². The number of carbonyl (C=O) groups excluding carboxylic acids is 2. The Morgan fingerprint density at radius 3 is 2.37 bits per heavy atom. The lowest BCUT2D eigenvalue weighted by Gasteiger charge is -1.95. The Balaban J connectivity index is 1.44. The number of amides is 2. The van der Waals surface area contributed by atoms with Crippen LogP contribution >= 0.6 is 11.8 Å². The molecule has 0 bridgehead atoms. The van der Waals surface area contributed by atoms with E-state index in [9.17, 15) is 9.59 Å².